The number of benzene rings is 3. The van der Waals surface area contributed by atoms with Gasteiger partial charge in [0, 0.05) is 42.4 Å². The zero-order chi connectivity index (χ0) is 26.0. The molecule has 4 aromatic rings. The molecule has 1 aromatic heterocycles. The number of esters is 1. The highest BCUT2D eigenvalue weighted by atomic mass is 16.6. The molecule has 0 saturated heterocycles. The van der Waals surface area contributed by atoms with Crippen molar-refractivity contribution in [2.75, 3.05) is 38.4 Å². The van der Waals surface area contributed by atoms with Gasteiger partial charge in [-0.15, -0.1) is 6.42 Å². The number of carbonyl (C=O) groups excluding carboxylic acids is 1. The van der Waals surface area contributed by atoms with E-state index in [1.54, 1.807) is 13.2 Å². The Labute approximate surface area is 215 Å². The second kappa shape index (κ2) is 12.4. The Balaban J connectivity index is 1.83. The van der Waals surface area contributed by atoms with E-state index < -0.39 is 0 Å². The van der Waals surface area contributed by atoms with Crippen LogP contribution in [0.15, 0.2) is 73.1 Å². The van der Waals surface area contributed by atoms with Crippen LogP contribution in [-0.4, -0.2) is 49.5 Å². The van der Waals surface area contributed by atoms with Crippen molar-refractivity contribution in [1.82, 2.24) is 9.97 Å². The Hall–Kier alpha value is -4.61. The molecule has 0 aliphatic rings. The van der Waals surface area contributed by atoms with Crippen molar-refractivity contribution >= 4 is 34.1 Å². The molecule has 0 spiro atoms. The van der Waals surface area contributed by atoms with Gasteiger partial charge in [-0.25, -0.2) is 9.97 Å². The predicted octanol–water partition coefficient (Wildman–Crippen LogP) is 5.05. The average Bonchev–Trinajstić information content (AvgIpc) is 2.92. The minimum atomic E-state index is -0.373. The van der Waals surface area contributed by atoms with Gasteiger partial charge in [0.2, 0.25) is 0 Å². The Morgan fingerprint density at radius 3 is 2.35 bits per heavy atom. The molecule has 37 heavy (non-hydrogen) atoms. The molecule has 0 atom stereocenters. The lowest BCUT2D eigenvalue weighted by atomic mass is 10.1. The number of anilines is 3. The largest absolute Gasteiger partial charge is 0.487 e. The summed E-state index contributed by atoms with van der Waals surface area (Å²) in [6.45, 7) is 2.36. The van der Waals surface area contributed by atoms with Crippen LogP contribution in [0.2, 0.25) is 0 Å². The van der Waals surface area contributed by atoms with Gasteiger partial charge in [-0.2, -0.15) is 0 Å². The van der Waals surface area contributed by atoms with Gasteiger partial charge in [-0.1, -0.05) is 30.2 Å². The molecule has 8 nitrogen and oxygen atoms in total. The average molecular weight is 498 g/mol. The van der Waals surface area contributed by atoms with Gasteiger partial charge in [-0.3, -0.25) is 9.69 Å². The summed E-state index contributed by atoms with van der Waals surface area (Å²) in [5.74, 6) is 3.93. The third kappa shape index (κ3) is 6.34. The standard InChI is InChI=1S/C29H27N3O5/c1-4-22-9-8-12-24(17-22)32(23-10-6-5-7-11-23)29-25-18-27(37-16-15-35-21(2)33)28(36-14-13-34-3)19-26(25)30-20-31-29/h1,5-12,17-20H,13-16H2,2-3H3. The molecule has 0 saturated carbocycles. The quantitative estimate of drug-likeness (QED) is 0.162. The molecule has 188 valence electrons. The van der Waals surface area contributed by atoms with Gasteiger partial charge in [-0.05, 0) is 36.4 Å². The highest BCUT2D eigenvalue weighted by Crippen LogP contribution is 2.40. The van der Waals surface area contributed by atoms with Crippen LogP contribution >= 0.6 is 0 Å². The molecule has 0 amide bonds. The molecule has 8 heteroatoms. The summed E-state index contributed by atoms with van der Waals surface area (Å²) >= 11 is 0. The lowest BCUT2D eigenvalue weighted by Gasteiger charge is -2.26. The molecular weight excluding hydrogens is 470 g/mol. The van der Waals surface area contributed by atoms with Crippen LogP contribution in [0.4, 0.5) is 17.2 Å². The van der Waals surface area contributed by atoms with E-state index >= 15 is 0 Å². The first-order valence-corrected chi connectivity index (χ1v) is 11.7. The molecular formula is C29H27N3O5. The maximum atomic E-state index is 11.2. The van der Waals surface area contributed by atoms with Crippen molar-refractivity contribution in [2.45, 2.75) is 6.92 Å². The molecule has 3 aromatic carbocycles. The summed E-state index contributed by atoms with van der Waals surface area (Å²) in [6.07, 6.45) is 7.20. The fraction of sp³-hybridized carbons (Fsp3) is 0.207. The molecule has 0 radical (unpaired) electrons. The van der Waals surface area contributed by atoms with Crippen LogP contribution in [-0.2, 0) is 14.3 Å². The Morgan fingerprint density at radius 2 is 1.62 bits per heavy atom. The predicted molar refractivity (Wildman–Crippen MR) is 142 cm³/mol. The first kappa shape index (κ1) is 25.5. The smallest absolute Gasteiger partial charge is 0.302 e. The number of para-hydroxylation sites is 1. The number of fused-ring (bicyclic) bond motifs is 1. The van der Waals surface area contributed by atoms with Crippen LogP contribution in [0.1, 0.15) is 12.5 Å². The van der Waals surface area contributed by atoms with Crippen molar-refractivity contribution in [3.63, 3.8) is 0 Å². The number of nitrogens with zero attached hydrogens (tertiary/aromatic N) is 3. The molecule has 4 rings (SSSR count). The Kier molecular flexibility index (Phi) is 8.53. The number of aromatic nitrogens is 2. The second-order valence-corrected chi connectivity index (χ2v) is 7.91. The van der Waals surface area contributed by atoms with E-state index in [1.807, 2.05) is 65.6 Å². The van der Waals surface area contributed by atoms with E-state index in [9.17, 15) is 4.79 Å². The maximum absolute atomic E-state index is 11.2. The van der Waals surface area contributed by atoms with Gasteiger partial charge in [0.15, 0.2) is 11.5 Å². The van der Waals surface area contributed by atoms with Gasteiger partial charge >= 0.3 is 5.97 Å². The van der Waals surface area contributed by atoms with E-state index in [1.165, 1.54) is 13.3 Å². The van der Waals surface area contributed by atoms with E-state index in [4.69, 9.17) is 25.4 Å². The fourth-order valence-electron chi connectivity index (χ4n) is 3.73. The number of ether oxygens (including phenoxy) is 4. The third-order valence-electron chi connectivity index (χ3n) is 5.37. The van der Waals surface area contributed by atoms with Gasteiger partial charge in [0.1, 0.15) is 32.0 Å². The molecule has 0 bridgehead atoms. The van der Waals surface area contributed by atoms with E-state index in [-0.39, 0.29) is 19.2 Å². The summed E-state index contributed by atoms with van der Waals surface area (Å²) in [6, 6.07) is 21.2. The number of hydrogen-bond donors (Lipinski definition) is 0. The Morgan fingerprint density at radius 1 is 0.892 bits per heavy atom. The van der Waals surface area contributed by atoms with Crippen LogP contribution in [0, 0.1) is 12.3 Å². The molecule has 0 aliphatic heterocycles. The number of hydrogen-bond acceptors (Lipinski definition) is 8. The number of methoxy groups -OCH3 is 1. The van der Waals surface area contributed by atoms with Crippen LogP contribution in [0.5, 0.6) is 11.5 Å². The summed E-state index contributed by atoms with van der Waals surface area (Å²) in [5.41, 5.74) is 3.16. The first-order valence-electron chi connectivity index (χ1n) is 11.7. The summed E-state index contributed by atoms with van der Waals surface area (Å²) in [7, 11) is 1.60. The number of terminal acetylenes is 1. The van der Waals surface area contributed by atoms with Crippen LogP contribution in [0.25, 0.3) is 10.9 Å². The highest BCUT2D eigenvalue weighted by molar-refractivity contribution is 5.96. The highest BCUT2D eigenvalue weighted by Gasteiger charge is 2.20. The van der Waals surface area contributed by atoms with Crippen molar-refractivity contribution < 1.29 is 23.7 Å². The van der Waals surface area contributed by atoms with E-state index in [0.717, 1.165) is 22.3 Å². The summed E-state index contributed by atoms with van der Waals surface area (Å²) < 4.78 is 22.0. The maximum Gasteiger partial charge on any atom is 0.302 e. The van der Waals surface area contributed by atoms with Crippen molar-refractivity contribution in [3.8, 4) is 23.8 Å². The minimum Gasteiger partial charge on any atom is -0.487 e. The van der Waals surface area contributed by atoms with Crippen LogP contribution in [0.3, 0.4) is 0 Å². The lowest BCUT2D eigenvalue weighted by molar-refractivity contribution is -0.141. The normalized spacial score (nSPS) is 10.5. The summed E-state index contributed by atoms with van der Waals surface area (Å²) in [4.78, 5) is 22.3. The van der Waals surface area contributed by atoms with E-state index in [0.29, 0.717) is 36.0 Å². The molecule has 0 unspecified atom stereocenters. The van der Waals surface area contributed by atoms with Crippen molar-refractivity contribution in [3.05, 3.63) is 78.6 Å². The zero-order valence-corrected chi connectivity index (χ0v) is 20.7. The molecule has 0 fully saturated rings. The monoisotopic (exact) mass is 497 g/mol. The first-order chi connectivity index (χ1) is 18.1. The Bertz CT molecular complexity index is 1400. The minimum absolute atomic E-state index is 0.109. The summed E-state index contributed by atoms with van der Waals surface area (Å²) in [5, 5.41) is 0.735. The number of rotatable bonds is 11. The van der Waals surface area contributed by atoms with Gasteiger partial charge < -0.3 is 18.9 Å². The second-order valence-electron chi connectivity index (χ2n) is 7.91. The molecule has 1 heterocycles. The fourth-order valence-corrected chi connectivity index (χ4v) is 3.73. The van der Waals surface area contributed by atoms with Gasteiger partial charge in [0.25, 0.3) is 0 Å². The van der Waals surface area contributed by atoms with Crippen LogP contribution < -0.4 is 14.4 Å². The zero-order valence-electron chi connectivity index (χ0n) is 20.7. The molecule has 0 N–H and O–H groups in total. The third-order valence-corrected chi connectivity index (χ3v) is 5.37. The molecule has 0 aliphatic carbocycles. The van der Waals surface area contributed by atoms with Gasteiger partial charge in [0.05, 0.1) is 12.1 Å². The topological polar surface area (TPSA) is 83.0 Å². The SMILES string of the molecule is C#Cc1cccc(N(c2ccccc2)c2ncnc3cc(OCCOC)c(OCCOC(C)=O)cc23)c1. The van der Waals surface area contributed by atoms with E-state index in [2.05, 4.69) is 15.9 Å². The lowest BCUT2D eigenvalue weighted by Crippen LogP contribution is -2.13. The van der Waals surface area contributed by atoms with Crippen molar-refractivity contribution in [2.24, 2.45) is 0 Å². The van der Waals surface area contributed by atoms with Crippen molar-refractivity contribution in [1.29, 1.82) is 0 Å². The number of carbonyl (C=O) groups is 1.